The van der Waals surface area contributed by atoms with E-state index < -0.39 is 9.84 Å². The first kappa shape index (κ1) is 15.8. The van der Waals surface area contributed by atoms with E-state index in [4.69, 9.17) is 0 Å². The van der Waals surface area contributed by atoms with E-state index in [-0.39, 0.29) is 5.75 Å². The van der Waals surface area contributed by atoms with Crippen LogP contribution in [-0.4, -0.2) is 55.4 Å². The highest BCUT2D eigenvalue weighted by Crippen LogP contribution is 2.07. The van der Waals surface area contributed by atoms with Gasteiger partial charge in [0.2, 0.25) is 0 Å². The topological polar surface area (TPSA) is 75.2 Å². The molecule has 1 heterocycles. The molecule has 1 aromatic heterocycles. The summed E-state index contributed by atoms with van der Waals surface area (Å²) in [5.74, 6) is 1.66. The Morgan fingerprint density at radius 3 is 2.63 bits per heavy atom. The molecule has 1 N–H and O–H groups in total. The molecule has 0 aliphatic rings. The number of nitrogens with one attached hydrogen (secondary N) is 1. The molecule has 0 bridgehead atoms. The number of hydrogen-bond donors (Lipinski definition) is 1. The molecule has 1 aromatic rings. The molecule has 0 radical (unpaired) electrons. The fourth-order valence-corrected chi connectivity index (χ4v) is 2.26. The molecular formula is C12H22N4O2S. The summed E-state index contributed by atoms with van der Waals surface area (Å²) < 4.78 is 22.2. The normalized spacial score (nSPS) is 11.8. The largest absolute Gasteiger partial charge is 0.370 e. The SMILES string of the molecule is CCNc1cc(C)nc(CN(C)CCS(C)(=O)=O)n1. The number of anilines is 1. The highest BCUT2D eigenvalue weighted by molar-refractivity contribution is 7.90. The predicted molar refractivity (Wildman–Crippen MR) is 77.0 cm³/mol. The second kappa shape index (κ2) is 6.81. The molecule has 19 heavy (non-hydrogen) atoms. The van der Waals surface area contributed by atoms with Gasteiger partial charge in [0.15, 0.2) is 0 Å². The molecule has 0 aliphatic heterocycles. The van der Waals surface area contributed by atoms with Gasteiger partial charge in [-0.2, -0.15) is 0 Å². The number of hydrogen-bond acceptors (Lipinski definition) is 6. The minimum Gasteiger partial charge on any atom is -0.370 e. The van der Waals surface area contributed by atoms with Crippen molar-refractivity contribution in [3.05, 3.63) is 17.6 Å². The summed E-state index contributed by atoms with van der Waals surface area (Å²) in [6.45, 7) is 5.75. The fourth-order valence-electron chi connectivity index (χ4n) is 1.61. The lowest BCUT2D eigenvalue weighted by Gasteiger charge is -2.15. The van der Waals surface area contributed by atoms with Gasteiger partial charge in [-0.3, -0.25) is 4.90 Å². The average molecular weight is 286 g/mol. The molecule has 0 atom stereocenters. The van der Waals surface area contributed by atoms with E-state index >= 15 is 0 Å². The van der Waals surface area contributed by atoms with E-state index in [1.165, 1.54) is 6.26 Å². The lowest BCUT2D eigenvalue weighted by Crippen LogP contribution is -2.26. The fraction of sp³-hybridized carbons (Fsp3) is 0.667. The van der Waals surface area contributed by atoms with E-state index in [2.05, 4.69) is 15.3 Å². The molecule has 108 valence electrons. The van der Waals surface area contributed by atoms with Gasteiger partial charge in [-0.05, 0) is 20.9 Å². The Labute approximate surface area is 115 Å². The van der Waals surface area contributed by atoms with Crippen LogP contribution in [0.25, 0.3) is 0 Å². The first-order valence-corrected chi connectivity index (χ1v) is 8.31. The van der Waals surface area contributed by atoms with Crippen LogP contribution in [0.2, 0.25) is 0 Å². The van der Waals surface area contributed by atoms with Crippen molar-refractivity contribution < 1.29 is 8.42 Å². The summed E-state index contributed by atoms with van der Waals surface area (Å²) >= 11 is 0. The zero-order valence-corrected chi connectivity index (χ0v) is 12.8. The minimum atomic E-state index is -2.93. The smallest absolute Gasteiger partial charge is 0.148 e. The molecule has 0 unspecified atom stereocenters. The van der Waals surface area contributed by atoms with Gasteiger partial charge in [-0.25, -0.2) is 18.4 Å². The Morgan fingerprint density at radius 2 is 2.05 bits per heavy atom. The molecule has 6 nitrogen and oxygen atoms in total. The molecule has 0 saturated heterocycles. The molecule has 1 rings (SSSR count). The maximum absolute atomic E-state index is 11.1. The number of sulfone groups is 1. The highest BCUT2D eigenvalue weighted by Gasteiger charge is 2.08. The zero-order valence-electron chi connectivity index (χ0n) is 12.0. The third kappa shape index (κ3) is 6.49. The monoisotopic (exact) mass is 286 g/mol. The number of aromatic nitrogens is 2. The molecule has 0 fully saturated rings. The maximum Gasteiger partial charge on any atom is 0.148 e. The Kier molecular flexibility index (Phi) is 5.68. The van der Waals surface area contributed by atoms with Crippen molar-refractivity contribution >= 4 is 15.7 Å². The van der Waals surface area contributed by atoms with Crippen molar-refractivity contribution in [1.29, 1.82) is 0 Å². The summed E-state index contributed by atoms with van der Waals surface area (Å²) in [5.41, 5.74) is 0.900. The van der Waals surface area contributed by atoms with Crippen molar-refractivity contribution in [3.63, 3.8) is 0 Å². The van der Waals surface area contributed by atoms with E-state index in [0.717, 1.165) is 18.1 Å². The zero-order chi connectivity index (χ0) is 14.5. The third-order valence-corrected chi connectivity index (χ3v) is 3.44. The Hall–Kier alpha value is -1.21. The summed E-state index contributed by atoms with van der Waals surface area (Å²) in [7, 11) is -1.07. The van der Waals surface area contributed by atoms with E-state index in [9.17, 15) is 8.42 Å². The first-order chi connectivity index (χ1) is 8.80. The summed E-state index contributed by atoms with van der Waals surface area (Å²) in [4.78, 5) is 10.7. The molecular weight excluding hydrogens is 264 g/mol. The van der Waals surface area contributed by atoms with Gasteiger partial charge in [0.25, 0.3) is 0 Å². The molecule has 0 amide bonds. The van der Waals surface area contributed by atoms with Crippen LogP contribution in [0.15, 0.2) is 6.07 Å². The molecule has 0 saturated carbocycles. The van der Waals surface area contributed by atoms with Crippen molar-refractivity contribution in [2.45, 2.75) is 20.4 Å². The van der Waals surface area contributed by atoms with Gasteiger partial charge < -0.3 is 5.32 Å². The summed E-state index contributed by atoms with van der Waals surface area (Å²) in [6, 6.07) is 1.89. The third-order valence-electron chi connectivity index (χ3n) is 2.51. The predicted octanol–water partition coefficient (Wildman–Crippen LogP) is 0.693. The van der Waals surface area contributed by atoms with Crippen LogP contribution in [0.4, 0.5) is 5.82 Å². The average Bonchev–Trinajstić information content (AvgIpc) is 2.25. The number of aryl methyl sites for hydroxylation is 1. The maximum atomic E-state index is 11.1. The van der Waals surface area contributed by atoms with E-state index in [1.54, 1.807) is 0 Å². The molecule has 0 aromatic carbocycles. The van der Waals surface area contributed by atoms with Crippen LogP contribution in [0, 0.1) is 6.92 Å². The number of rotatable bonds is 7. The van der Waals surface area contributed by atoms with Crippen molar-refractivity contribution in [1.82, 2.24) is 14.9 Å². The lowest BCUT2D eigenvalue weighted by molar-refractivity contribution is 0.337. The van der Waals surface area contributed by atoms with Crippen LogP contribution in [-0.2, 0) is 16.4 Å². The highest BCUT2D eigenvalue weighted by atomic mass is 32.2. The van der Waals surface area contributed by atoms with Crippen LogP contribution >= 0.6 is 0 Å². The van der Waals surface area contributed by atoms with Gasteiger partial charge >= 0.3 is 0 Å². The first-order valence-electron chi connectivity index (χ1n) is 6.25. The quantitative estimate of drug-likeness (QED) is 0.795. The Morgan fingerprint density at radius 1 is 1.37 bits per heavy atom. The van der Waals surface area contributed by atoms with Crippen LogP contribution in [0.1, 0.15) is 18.4 Å². The summed E-state index contributed by atoms with van der Waals surface area (Å²) in [5, 5.41) is 3.15. The second-order valence-corrected chi connectivity index (χ2v) is 6.97. The lowest BCUT2D eigenvalue weighted by atomic mass is 10.4. The van der Waals surface area contributed by atoms with E-state index in [0.29, 0.717) is 18.9 Å². The van der Waals surface area contributed by atoms with Gasteiger partial charge in [0, 0.05) is 31.1 Å². The standard InChI is InChI=1S/C12H22N4O2S/c1-5-13-11-8-10(2)14-12(15-11)9-16(3)6-7-19(4,17)18/h8H,5-7,9H2,1-4H3,(H,13,14,15). The van der Waals surface area contributed by atoms with Crippen molar-refractivity contribution in [2.24, 2.45) is 0 Å². The van der Waals surface area contributed by atoms with E-state index in [1.807, 2.05) is 31.9 Å². The molecule has 0 spiro atoms. The van der Waals surface area contributed by atoms with Gasteiger partial charge in [-0.15, -0.1) is 0 Å². The second-order valence-electron chi connectivity index (χ2n) is 4.71. The van der Waals surface area contributed by atoms with Crippen LogP contribution in [0.3, 0.4) is 0 Å². The Bertz CT molecular complexity index is 516. The van der Waals surface area contributed by atoms with Crippen molar-refractivity contribution in [2.75, 3.05) is 37.5 Å². The Balaban J connectivity index is 2.65. The van der Waals surface area contributed by atoms with Gasteiger partial charge in [0.05, 0.1) is 12.3 Å². The van der Waals surface area contributed by atoms with Crippen LogP contribution in [0.5, 0.6) is 0 Å². The molecule has 7 heteroatoms. The van der Waals surface area contributed by atoms with Gasteiger partial charge in [0.1, 0.15) is 21.5 Å². The van der Waals surface area contributed by atoms with Crippen LogP contribution < -0.4 is 5.32 Å². The van der Waals surface area contributed by atoms with Gasteiger partial charge in [-0.1, -0.05) is 0 Å². The summed E-state index contributed by atoms with van der Waals surface area (Å²) in [6.07, 6.45) is 1.24. The number of nitrogens with zero attached hydrogens (tertiary/aromatic N) is 3. The molecule has 0 aliphatic carbocycles. The minimum absolute atomic E-state index is 0.148. The van der Waals surface area contributed by atoms with Crippen molar-refractivity contribution in [3.8, 4) is 0 Å².